The van der Waals surface area contributed by atoms with Gasteiger partial charge < -0.3 is 76.2 Å². The van der Waals surface area contributed by atoms with E-state index in [9.17, 15) is 64.2 Å². The Morgan fingerprint density at radius 1 is 0.680 bits per heavy atom. The van der Waals surface area contributed by atoms with Crippen LogP contribution >= 0.6 is 0 Å². The molecular weight excluding hydrogens is 678 g/mol. The van der Waals surface area contributed by atoms with E-state index in [1.807, 2.05) is 0 Å². The van der Waals surface area contributed by atoms with Crippen molar-refractivity contribution in [2.75, 3.05) is 6.61 Å². The maximum atomic E-state index is 12.7. The molecule has 11 N–H and O–H groups in total. The molecule has 0 aromatic rings. The fourth-order valence-corrected chi connectivity index (χ4v) is 5.63. The Morgan fingerprint density at radius 3 is 1.54 bits per heavy atom. The van der Waals surface area contributed by atoms with E-state index in [-0.39, 0.29) is 0 Å². The van der Waals surface area contributed by atoms with Gasteiger partial charge in [0.05, 0.1) is 30.8 Å². The summed E-state index contributed by atoms with van der Waals surface area (Å²) < 4.78 is 23.0. The van der Waals surface area contributed by atoms with Crippen LogP contribution in [0.15, 0.2) is 0 Å². The van der Waals surface area contributed by atoms with Crippen molar-refractivity contribution >= 4 is 41.5 Å². The highest BCUT2D eigenvalue weighted by Gasteiger charge is 2.56. The van der Waals surface area contributed by atoms with E-state index in [1.165, 1.54) is 0 Å². The second-order valence-electron chi connectivity index (χ2n) is 11.8. The summed E-state index contributed by atoms with van der Waals surface area (Å²) in [5.41, 5.74) is 0. The predicted molar refractivity (Wildman–Crippen MR) is 161 cm³/mol. The van der Waals surface area contributed by atoms with E-state index in [4.69, 9.17) is 18.9 Å². The molecule has 2 aliphatic heterocycles. The number of carbonyl (C=O) groups is 7. The molecule has 284 valence electrons. The molecule has 5 amide bonds. The van der Waals surface area contributed by atoms with Gasteiger partial charge in [0.15, 0.2) is 24.8 Å². The van der Waals surface area contributed by atoms with Crippen molar-refractivity contribution in [3.8, 4) is 0 Å². The van der Waals surface area contributed by atoms with Crippen molar-refractivity contribution in [3.05, 3.63) is 0 Å². The number of amides is 5. The Kier molecular flexibility index (Phi) is 15.4. The quantitative estimate of drug-likeness (QED) is 0.0749. The highest BCUT2D eigenvalue weighted by atomic mass is 16.7. The number of ether oxygens (including phenoxy) is 4. The average Bonchev–Trinajstić information content (AvgIpc) is 2.98. The summed E-state index contributed by atoms with van der Waals surface area (Å²) in [6.45, 7) is 5.47. The number of carbonyl (C=O) groups excluding carboxylic acids is 5. The van der Waals surface area contributed by atoms with Crippen LogP contribution in [-0.4, -0.2) is 164 Å². The molecule has 0 saturated carbocycles. The topological polar surface area (TPSA) is 338 Å². The summed E-state index contributed by atoms with van der Waals surface area (Å²) in [6, 6.07) is -7.92. The molecule has 0 aliphatic carbocycles. The van der Waals surface area contributed by atoms with Gasteiger partial charge in [0, 0.05) is 34.6 Å². The highest BCUT2D eigenvalue weighted by Crippen LogP contribution is 2.31. The number of nitrogens with one attached hydrogen (secondary N) is 5. The molecule has 0 bridgehead atoms. The normalized spacial score (nSPS) is 31.9. The van der Waals surface area contributed by atoms with Crippen LogP contribution in [0.3, 0.4) is 0 Å². The standard InChI is InChI=1S/C28H45N5O17/c1-8(35)19(41)21(14(7-34)29-9(2)36)47-28-18(33-13(6)40)16(31-11(4)38)22(24(50-28)26(45)46)48-27-17(32-12(5)39)15(30-10(3)37)20(42)23(49-27)25(43)44/h8,14-24,27-28,34-35,41-42H,7H2,1-6H3,(H,29,36)(H,30,37)(H,31,38)(H,32,39)(H,33,40)(H,43,44)(H,45,46)/t8-,14+,15-,16-,17+,18+,19+,20+,21-,22+,23+,24-,27-,28-/m1/s1. The maximum Gasteiger partial charge on any atom is 0.335 e. The molecule has 2 rings (SSSR count). The molecule has 14 atom stereocenters. The monoisotopic (exact) mass is 723 g/mol. The Balaban J connectivity index is 2.74. The first-order valence-corrected chi connectivity index (χ1v) is 15.3. The van der Waals surface area contributed by atoms with Crippen LogP contribution in [0.5, 0.6) is 0 Å². The van der Waals surface area contributed by atoms with Gasteiger partial charge in [-0.2, -0.15) is 0 Å². The van der Waals surface area contributed by atoms with E-state index in [2.05, 4.69) is 26.6 Å². The van der Waals surface area contributed by atoms with Crippen LogP contribution in [0.2, 0.25) is 0 Å². The molecule has 2 saturated heterocycles. The summed E-state index contributed by atoms with van der Waals surface area (Å²) in [5, 5.41) is 73.6. The van der Waals surface area contributed by atoms with Crippen LogP contribution < -0.4 is 26.6 Å². The van der Waals surface area contributed by atoms with Gasteiger partial charge in [-0.3, -0.25) is 24.0 Å². The summed E-state index contributed by atoms with van der Waals surface area (Å²) in [6.07, 6.45) is -17.3. The molecule has 2 aliphatic rings. The van der Waals surface area contributed by atoms with Crippen molar-refractivity contribution in [2.24, 2.45) is 0 Å². The second kappa shape index (κ2) is 18.3. The molecule has 0 spiro atoms. The number of aliphatic hydroxyl groups is 4. The van der Waals surface area contributed by atoms with Crippen LogP contribution in [0.1, 0.15) is 41.5 Å². The molecule has 0 aromatic carbocycles. The first-order chi connectivity index (χ1) is 23.2. The van der Waals surface area contributed by atoms with Gasteiger partial charge in [-0.25, -0.2) is 9.59 Å². The van der Waals surface area contributed by atoms with Crippen LogP contribution in [-0.2, 0) is 52.5 Å². The van der Waals surface area contributed by atoms with E-state index in [0.717, 1.165) is 41.5 Å². The zero-order valence-electron chi connectivity index (χ0n) is 28.0. The van der Waals surface area contributed by atoms with Crippen molar-refractivity contribution in [2.45, 2.75) is 127 Å². The molecule has 0 radical (unpaired) electrons. The van der Waals surface area contributed by atoms with Crippen molar-refractivity contribution in [1.82, 2.24) is 26.6 Å². The third kappa shape index (κ3) is 11.0. The third-order valence-corrected chi connectivity index (χ3v) is 7.61. The minimum Gasteiger partial charge on any atom is -0.479 e. The fraction of sp³-hybridized carbons (Fsp3) is 0.750. The minimum atomic E-state index is -2.20. The first kappa shape index (κ1) is 42.1. The molecule has 22 heteroatoms. The lowest BCUT2D eigenvalue weighted by atomic mass is 9.91. The number of aliphatic hydroxyl groups excluding tert-OH is 4. The molecular formula is C28H45N5O17. The molecule has 2 fully saturated rings. The van der Waals surface area contributed by atoms with Crippen molar-refractivity contribution in [1.29, 1.82) is 0 Å². The summed E-state index contributed by atoms with van der Waals surface area (Å²) in [7, 11) is 0. The van der Waals surface area contributed by atoms with E-state index in [1.54, 1.807) is 0 Å². The average molecular weight is 724 g/mol. The largest absolute Gasteiger partial charge is 0.479 e. The van der Waals surface area contributed by atoms with Crippen LogP contribution in [0.4, 0.5) is 0 Å². The molecule has 50 heavy (non-hydrogen) atoms. The van der Waals surface area contributed by atoms with Crippen molar-refractivity contribution in [3.63, 3.8) is 0 Å². The van der Waals surface area contributed by atoms with Crippen molar-refractivity contribution < 1.29 is 83.1 Å². The van der Waals surface area contributed by atoms with Gasteiger partial charge in [-0.1, -0.05) is 0 Å². The molecule has 0 aromatic heterocycles. The number of carboxylic acids is 2. The minimum absolute atomic E-state index is 0.699. The van der Waals surface area contributed by atoms with Gasteiger partial charge in [0.1, 0.15) is 36.5 Å². The summed E-state index contributed by atoms with van der Waals surface area (Å²) in [4.78, 5) is 85.8. The van der Waals surface area contributed by atoms with Gasteiger partial charge in [0.25, 0.3) is 0 Å². The second-order valence-corrected chi connectivity index (χ2v) is 11.8. The zero-order chi connectivity index (χ0) is 38.2. The molecule has 0 unspecified atom stereocenters. The van der Waals surface area contributed by atoms with E-state index >= 15 is 0 Å². The Labute approximate surface area is 285 Å². The van der Waals surface area contributed by atoms with E-state index < -0.39 is 134 Å². The third-order valence-electron chi connectivity index (χ3n) is 7.61. The van der Waals surface area contributed by atoms with Gasteiger partial charge in [-0.15, -0.1) is 0 Å². The summed E-state index contributed by atoms with van der Waals surface area (Å²) in [5.74, 6) is -7.39. The number of hydrogen-bond acceptors (Lipinski definition) is 15. The Hall–Kier alpha value is -4.03. The van der Waals surface area contributed by atoms with E-state index in [0.29, 0.717) is 0 Å². The smallest absolute Gasteiger partial charge is 0.335 e. The molecule has 22 nitrogen and oxygen atoms in total. The lowest BCUT2D eigenvalue weighted by Gasteiger charge is -2.50. The number of aliphatic carboxylic acids is 2. The van der Waals surface area contributed by atoms with Crippen LogP contribution in [0.25, 0.3) is 0 Å². The molecule has 2 heterocycles. The van der Waals surface area contributed by atoms with Gasteiger partial charge >= 0.3 is 11.9 Å². The number of carboxylic acid groups (broad SMARTS) is 2. The lowest BCUT2D eigenvalue weighted by molar-refractivity contribution is -0.312. The first-order valence-electron chi connectivity index (χ1n) is 15.3. The fourth-order valence-electron chi connectivity index (χ4n) is 5.63. The lowest BCUT2D eigenvalue weighted by Crippen LogP contribution is -2.74. The predicted octanol–water partition coefficient (Wildman–Crippen LogP) is -6.01. The maximum absolute atomic E-state index is 12.7. The Morgan fingerprint density at radius 2 is 1.12 bits per heavy atom. The van der Waals surface area contributed by atoms with Gasteiger partial charge in [0.2, 0.25) is 29.5 Å². The number of rotatable bonds is 15. The van der Waals surface area contributed by atoms with Gasteiger partial charge in [-0.05, 0) is 6.92 Å². The zero-order valence-corrected chi connectivity index (χ0v) is 28.0. The SMILES string of the molecule is CC(=O)N[C@@H]1[C@H](O[C@@H]([C@@H](O)[C@@H](C)O)[C@H](CO)NC(C)=O)O[C@@H](C(=O)O)[C@@H](O[C@@H]2O[C@H](C(=O)O)[C@@H](O)[C@H](NC(C)=O)[C@@H]2NC(C)=O)[C@@H]1NC(C)=O. The number of hydrogen-bond donors (Lipinski definition) is 11. The summed E-state index contributed by atoms with van der Waals surface area (Å²) >= 11 is 0. The van der Waals surface area contributed by atoms with Crippen LogP contribution in [0, 0.1) is 0 Å². The Bertz CT molecular complexity index is 1270. The highest BCUT2D eigenvalue weighted by molar-refractivity contribution is 5.78.